The molecule has 0 aliphatic heterocycles. The van der Waals surface area contributed by atoms with E-state index in [1.807, 2.05) is 6.92 Å². The average Bonchev–Trinajstić information content (AvgIpc) is 2.83. The number of nitrogens with zero attached hydrogens (tertiary/aromatic N) is 3. The lowest BCUT2D eigenvalue weighted by atomic mass is 10.2. The monoisotopic (exact) mass is 321 g/mol. The van der Waals surface area contributed by atoms with E-state index in [1.165, 1.54) is 13.2 Å². The fourth-order valence-electron chi connectivity index (χ4n) is 1.83. The molecule has 0 atom stereocenters. The summed E-state index contributed by atoms with van der Waals surface area (Å²) < 4.78 is 44.8. The summed E-state index contributed by atoms with van der Waals surface area (Å²) in [5, 5.41) is 9.32. The van der Waals surface area contributed by atoms with Crippen LogP contribution in [-0.2, 0) is 24.5 Å². The molecule has 1 rings (SSSR count). The van der Waals surface area contributed by atoms with E-state index in [-0.39, 0.29) is 12.1 Å². The number of guanidine groups is 1. The number of rotatable bonds is 7. The van der Waals surface area contributed by atoms with Gasteiger partial charge in [-0.2, -0.15) is 18.3 Å². The van der Waals surface area contributed by atoms with Gasteiger partial charge >= 0.3 is 6.18 Å². The Labute approximate surface area is 127 Å². The summed E-state index contributed by atoms with van der Waals surface area (Å²) in [7, 11) is 3.02. The number of aryl methyl sites for hydroxylation is 1. The van der Waals surface area contributed by atoms with Crippen molar-refractivity contribution in [3.05, 3.63) is 17.5 Å². The molecule has 0 aliphatic carbocycles. The van der Waals surface area contributed by atoms with Gasteiger partial charge in [0.15, 0.2) is 11.7 Å². The predicted molar refractivity (Wildman–Crippen MR) is 77.5 cm³/mol. The highest BCUT2D eigenvalue weighted by Crippen LogP contribution is 2.30. The molecule has 126 valence electrons. The zero-order chi connectivity index (χ0) is 16.6. The maximum atomic E-state index is 12.8. The first-order valence-corrected chi connectivity index (χ1v) is 7.00. The predicted octanol–water partition coefficient (Wildman–Crippen LogP) is 1.53. The normalized spacial score (nSPS) is 12.5. The Kier molecular flexibility index (Phi) is 7.16. The second-order valence-electron chi connectivity index (χ2n) is 4.58. The van der Waals surface area contributed by atoms with Crippen LogP contribution in [0.3, 0.4) is 0 Å². The molecular formula is C13H22F3N5O. The van der Waals surface area contributed by atoms with Crippen LogP contribution in [0.15, 0.2) is 11.2 Å². The minimum absolute atomic E-state index is 0.00613. The molecule has 0 aliphatic rings. The van der Waals surface area contributed by atoms with Crippen LogP contribution in [0, 0.1) is 0 Å². The summed E-state index contributed by atoms with van der Waals surface area (Å²) in [6, 6.07) is 0. The zero-order valence-corrected chi connectivity index (χ0v) is 13.0. The Hall–Kier alpha value is -1.77. The molecular weight excluding hydrogens is 299 g/mol. The number of nitrogens with one attached hydrogen (secondary N) is 2. The second kappa shape index (κ2) is 8.62. The molecule has 0 saturated heterocycles. The first-order chi connectivity index (χ1) is 10.4. The molecule has 0 fully saturated rings. The highest BCUT2D eigenvalue weighted by molar-refractivity contribution is 5.79. The third kappa shape index (κ3) is 5.92. The summed E-state index contributed by atoms with van der Waals surface area (Å²) in [5.41, 5.74) is -0.804. The smallest absolute Gasteiger partial charge is 0.382 e. The van der Waals surface area contributed by atoms with Gasteiger partial charge in [0, 0.05) is 52.2 Å². The maximum Gasteiger partial charge on any atom is 0.435 e. The molecule has 0 bridgehead atoms. The summed E-state index contributed by atoms with van der Waals surface area (Å²) >= 11 is 0. The van der Waals surface area contributed by atoms with Crippen LogP contribution in [0.2, 0.25) is 0 Å². The molecule has 22 heavy (non-hydrogen) atoms. The summed E-state index contributed by atoms with van der Waals surface area (Å²) in [4.78, 5) is 3.96. The first kappa shape index (κ1) is 18.3. The number of aromatic nitrogens is 2. The molecule has 1 aromatic rings. The molecule has 0 unspecified atom stereocenters. The molecule has 1 heterocycles. The SMILES string of the molecule is CCOCCCNC(=NC)NCc1cn(C)nc1C(F)(F)F. The number of hydrogen-bond acceptors (Lipinski definition) is 3. The van der Waals surface area contributed by atoms with Gasteiger partial charge in [0.1, 0.15) is 0 Å². The topological polar surface area (TPSA) is 63.5 Å². The van der Waals surface area contributed by atoms with Gasteiger partial charge in [0.2, 0.25) is 0 Å². The van der Waals surface area contributed by atoms with E-state index in [1.54, 1.807) is 7.05 Å². The second-order valence-corrected chi connectivity index (χ2v) is 4.58. The van der Waals surface area contributed by atoms with Gasteiger partial charge in [-0.1, -0.05) is 0 Å². The van der Waals surface area contributed by atoms with E-state index in [4.69, 9.17) is 4.74 Å². The summed E-state index contributed by atoms with van der Waals surface area (Å²) in [6.45, 7) is 3.82. The molecule has 9 heteroatoms. The molecule has 0 amide bonds. The summed E-state index contributed by atoms with van der Waals surface area (Å²) in [6.07, 6.45) is -2.33. The standard InChI is InChI=1S/C13H22F3N5O/c1-4-22-7-5-6-18-12(17-2)19-8-10-9-21(3)20-11(10)13(14,15)16/h9H,4-8H2,1-3H3,(H2,17,18,19). The third-order valence-electron chi connectivity index (χ3n) is 2.80. The molecule has 0 radical (unpaired) electrons. The third-order valence-corrected chi connectivity index (χ3v) is 2.80. The Morgan fingerprint density at radius 2 is 2.14 bits per heavy atom. The molecule has 0 spiro atoms. The van der Waals surface area contributed by atoms with Gasteiger partial charge in [-0.15, -0.1) is 0 Å². The van der Waals surface area contributed by atoms with E-state index >= 15 is 0 Å². The van der Waals surface area contributed by atoms with Gasteiger partial charge in [-0.05, 0) is 13.3 Å². The number of alkyl halides is 3. The highest BCUT2D eigenvalue weighted by Gasteiger charge is 2.36. The highest BCUT2D eigenvalue weighted by atomic mass is 19.4. The van der Waals surface area contributed by atoms with Crippen LogP contribution in [0.1, 0.15) is 24.6 Å². The minimum Gasteiger partial charge on any atom is -0.382 e. The van der Waals surface area contributed by atoms with Crippen molar-refractivity contribution in [3.8, 4) is 0 Å². The van der Waals surface area contributed by atoms with Crippen molar-refractivity contribution >= 4 is 5.96 Å². The number of aliphatic imine (C=N–C) groups is 1. The Bertz CT molecular complexity index is 485. The van der Waals surface area contributed by atoms with Gasteiger partial charge in [-0.3, -0.25) is 9.67 Å². The van der Waals surface area contributed by atoms with E-state index in [2.05, 4.69) is 20.7 Å². The van der Waals surface area contributed by atoms with Crippen LogP contribution in [0.25, 0.3) is 0 Å². The van der Waals surface area contributed by atoms with E-state index in [0.717, 1.165) is 11.1 Å². The van der Waals surface area contributed by atoms with Crippen LogP contribution in [0.4, 0.5) is 13.2 Å². The Morgan fingerprint density at radius 1 is 1.41 bits per heavy atom. The fourth-order valence-corrected chi connectivity index (χ4v) is 1.83. The number of ether oxygens (including phenoxy) is 1. The van der Waals surface area contributed by atoms with Crippen LogP contribution in [-0.4, -0.2) is 42.5 Å². The molecule has 0 aromatic carbocycles. The van der Waals surface area contributed by atoms with Crippen molar-refractivity contribution in [3.63, 3.8) is 0 Å². The lowest BCUT2D eigenvalue weighted by Gasteiger charge is -2.12. The van der Waals surface area contributed by atoms with Crippen molar-refractivity contribution in [2.24, 2.45) is 12.0 Å². The van der Waals surface area contributed by atoms with Crippen LogP contribution < -0.4 is 10.6 Å². The van der Waals surface area contributed by atoms with Crippen molar-refractivity contribution in [2.45, 2.75) is 26.1 Å². The van der Waals surface area contributed by atoms with Crippen LogP contribution in [0.5, 0.6) is 0 Å². The molecule has 0 saturated carbocycles. The molecule has 1 aromatic heterocycles. The Morgan fingerprint density at radius 3 is 2.73 bits per heavy atom. The van der Waals surface area contributed by atoms with Gasteiger partial charge < -0.3 is 15.4 Å². The Balaban J connectivity index is 2.50. The average molecular weight is 321 g/mol. The van der Waals surface area contributed by atoms with Gasteiger partial charge in [-0.25, -0.2) is 0 Å². The fraction of sp³-hybridized carbons (Fsp3) is 0.692. The summed E-state index contributed by atoms with van der Waals surface area (Å²) in [5.74, 6) is 0.438. The van der Waals surface area contributed by atoms with Crippen molar-refractivity contribution in [1.29, 1.82) is 0 Å². The van der Waals surface area contributed by atoms with Crippen molar-refractivity contribution in [1.82, 2.24) is 20.4 Å². The van der Waals surface area contributed by atoms with Gasteiger partial charge in [0.05, 0.1) is 0 Å². The zero-order valence-electron chi connectivity index (χ0n) is 13.0. The van der Waals surface area contributed by atoms with E-state index in [9.17, 15) is 13.2 Å². The lowest BCUT2D eigenvalue weighted by molar-refractivity contribution is -0.142. The quantitative estimate of drug-likeness (QED) is 0.454. The van der Waals surface area contributed by atoms with E-state index < -0.39 is 11.9 Å². The lowest BCUT2D eigenvalue weighted by Crippen LogP contribution is -2.37. The largest absolute Gasteiger partial charge is 0.435 e. The number of halogens is 3. The molecule has 6 nitrogen and oxygen atoms in total. The maximum absolute atomic E-state index is 12.8. The number of hydrogen-bond donors (Lipinski definition) is 2. The minimum atomic E-state index is -4.47. The van der Waals surface area contributed by atoms with Gasteiger partial charge in [0.25, 0.3) is 0 Å². The first-order valence-electron chi connectivity index (χ1n) is 7.00. The van der Waals surface area contributed by atoms with Crippen molar-refractivity contribution < 1.29 is 17.9 Å². The van der Waals surface area contributed by atoms with Crippen LogP contribution >= 0.6 is 0 Å². The molecule has 2 N–H and O–H groups in total. The van der Waals surface area contributed by atoms with Crippen molar-refractivity contribution in [2.75, 3.05) is 26.8 Å². The van der Waals surface area contributed by atoms with E-state index in [0.29, 0.717) is 25.7 Å².